The van der Waals surface area contributed by atoms with E-state index in [0.29, 0.717) is 18.5 Å². The standard InChI is InChI=1S/C15H22N2O3/c1-15(2,3)12(14(19)20)17-13(18)11-7-5-4-6-10(11)8-9-16/h4-7,12H,8-9,16H2,1-3H3,(H,17,18)(H,19,20)/t12-/m1/s1. The van der Waals surface area contributed by atoms with Crippen LogP contribution >= 0.6 is 0 Å². The molecule has 1 amide bonds. The van der Waals surface area contributed by atoms with Crippen molar-refractivity contribution in [3.05, 3.63) is 35.4 Å². The Hall–Kier alpha value is -1.88. The van der Waals surface area contributed by atoms with Gasteiger partial charge in [-0.25, -0.2) is 4.79 Å². The minimum Gasteiger partial charge on any atom is -0.480 e. The van der Waals surface area contributed by atoms with Gasteiger partial charge >= 0.3 is 5.97 Å². The third-order valence-electron chi connectivity index (χ3n) is 3.06. The number of carboxylic acids is 1. The van der Waals surface area contributed by atoms with Crippen molar-refractivity contribution in [3.8, 4) is 0 Å². The molecule has 0 saturated carbocycles. The molecule has 4 N–H and O–H groups in total. The number of carbonyl (C=O) groups excluding carboxylic acids is 1. The fourth-order valence-corrected chi connectivity index (χ4v) is 1.97. The minimum atomic E-state index is -1.04. The first-order valence-electron chi connectivity index (χ1n) is 6.59. The molecule has 1 aromatic carbocycles. The Morgan fingerprint density at radius 2 is 1.90 bits per heavy atom. The summed E-state index contributed by atoms with van der Waals surface area (Å²) in [4.78, 5) is 23.6. The van der Waals surface area contributed by atoms with Gasteiger partial charge in [0, 0.05) is 5.56 Å². The number of carbonyl (C=O) groups is 2. The number of aliphatic carboxylic acids is 1. The second-order valence-corrected chi connectivity index (χ2v) is 5.81. The summed E-state index contributed by atoms with van der Waals surface area (Å²) in [6, 6.07) is 6.15. The fourth-order valence-electron chi connectivity index (χ4n) is 1.97. The lowest BCUT2D eigenvalue weighted by Crippen LogP contribution is -2.49. The molecule has 0 unspecified atom stereocenters. The van der Waals surface area contributed by atoms with Gasteiger partial charge in [-0.05, 0) is 30.0 Å². The van der Waals surface area contributed by atoms with Gasteiger partial charge in [0.1, 0.15) is 6.04 Å². The average Bonchev–Trinajstić information content (AvgIpc) is 2.35. The van der Waals surface area contributed by atoms with Crippen molar-refractivity contribution < 1.29 is 14.7 Å². The highest BCUT2D eigenvalue weighted by Crippen LogP contribution is 2.20. The van der Waals surface area contributed by atoms with Crippen LogP contribution in [0.25, 0.3) is 0 Å². The molecule has 0 aliphatic rings. The molecule has 20 heavy (non-hydrogen) atoms. The number of hydrogen-bond donors (Lipinski definition) is 3. The Bertz CT molecular complexity index is 492. The lowest BCUT2D eigenvalue weighted by Gasteiger charge is -2.28. The van der Waals surface area contributed by atoms with Gasteiger partial charge in [0.2, 0.25) is 0 Å². The molecule has 0 saturated heterocycles. The topological polar surface area (TPSA) is 92.4 Å². The summed E-state index contributed by atoms with van der Waals surface area (Å²) in [5.74, 6) is -1.42. The number of benzene rings is 1. The van der Waals surface area contributed by atoms with Gasteiger partial charge in [0.25, 0.3) is 5.91 Å². The highest BCUT2D eigenvalue weighted by molar-refractivity contribution is 5.98. The largest absolute Gasteiger partial charge is 0.480 e. The molecular weight excluding hydrogens is 256 g/mol. The Kier molecular flexibility index (Phi) is 5.27. The van der Waals surface area contributed by atoms with Crippen molar-refractivity contribution in [1.82, 2.24) is 5.32 Å². The Morgan fingerprint density at radius 1 is 1.30 bits per heavy atom. The van der Waals surface area contributed by atoms with Crippen LogP contribution in [-0.2, 0) is 11.2 Å². The minimum absolute atomic E-state index is 0.378. The van der Waals surface area contributed by atoms with Gasteiger partial charge in [-0.2, -0.15) is 0 Å². The molecular formula is C15H22N2O3. The van der Waals surface area contributed by atoms with Crippen molar-refractivity contribution in [2.24, 2.45) is 11.1 Å². The highest BCUT2D eigenvalue weighted by Gasteiger charge is 2.33. The zero-order valence-electron chi connectivity index (χ0n) is 12.1. The zero-order chi connectivity index (χ0) is 15.3. The highest BCUT2D eigenvalue weighted by atomic mass is 16.4. The number of amides is 1. The lowest BCUT2D eigenvalue weighted by molar-refractivity contribution is -0.142. The molecule has 0 aliphatic carbocycles. The summed E-state index contributed by atoms with van der Waals surface area (Å²) in [6.45, 7) is 5.76. The summed E-state index contributed by atoms with van der Waals surface area (Å²) in [7, 11) is 0. The molecule has 0 spiro atoms. The van der Waals surface area contributed by atoms with Crippen LogP contribution < -0.4 is 11.1 Å². The quantitative estimate of drug-likeness (QED) is 0.759. The van der Waals surface area contributed by atoms with Crippen LogP contribution in [0.4, 0.5) is 0 Å². The average molecular weight is 278 g/mol. The van der Waals surface area contributed by atoms with Crippen molar-refractivity contribution >= 4 is 11.9 Å². The smallest absolute Gasteiger partial charge is 0.326 e. The van der Waals surface area contributed by atoms with E-state index in [0.717, 1.165) is 5.56 Å². The SMILES string of the molecule is CC(C)(C)[C@H](NC(=O)c1ccccc1CCN)C(=O)O. The fraction of sp³-hybridized carbons (Fsp3) is 0.467. The summed E-state index contributed by atoms with van der Waals surface area (Å²) >= 11 is 0. The number of carboxylic acid groups (broad SMARTS) is 1. The summed E-state index contributed by atoms with van der Waals surface area (Å²) in [5.41, 5.74) is 6.26. The van der Waals surface area contributed by atoms with Gasteiger partial charge in [0.15, 0.2) is 0 Å². The van der Waals surface area contributed by atoms with E-state index in [2.05, 4.69) is 5.32 Å². The van der Waals surface area contributed by atoms with Crippen molar-refractivity contribution in [2.75, 3.05) is 6.54 Å². The number of nitrogens with one attached hydrogen (secondary N) is 1. The molecule has 5 heteroatoms. The molecule has 1 aromatic rings. The Balaban J connectivity index is 2.98. The van der Waals surface area contributed by atoms with E-state index in [1.807, 2.05) is 12.1 Å². The van der Waals surface area contributed by atoms with E-state index in [9.17, 15) is 14.7 Å². The van der Waals surface area contributed by atoms with Crippen LogP contribution in [0.2, 0.25) is 0 Å². The molecule has 0 aromatic heterocycles. The number of hydrogen-bond acceptors (Lipinski definition) is 3. The number of nitrogens with two attached hydrogens (primary N) is 1. The van der Waals surface area contributed by atoms with Crippen molar-refractivity contribution in [1.29, 1.82) is 0 Å². The predicted octanol–water partition coefficient (Wildman–Crippen LogP) is 1.42. The third-order valence-corrected chi connectivity index (χ3v) is 3.06. The summed E-state index contributed by atoms with van der Waals surface area (Å²) in [6.07, 6.45) is 0.580. The molecule has 1 atom stereocenters. The maximum atomic E-state index is 12.3. The molecule has 0 fully saturated rings. The second kappa shape index (κ2) is 6.52. The van der Waals surface area contributed by atoms with Crippen LogP contribution in [0.5, 0.6) is 0 Å². The predicted molar refractivity (Wildman–Crippen MR) is 77.5 cm³/mol. The molecule has 0 aliphatic heterocycles. The number of rotatable bonds is 5. The molecule has 0 radical (unpaired) electrons. The first-order chi connectivity index (χ1) is 9.27. The van der Waals surface area contributed by atoms with Gasteiger partial charge in [-0.15, -0.1) is 0 Å². The van der Waals surface area contributed by atoms with Crippen molar-refractivity contribution in [2.45, 2.75) is 33.2 Å². The molecule has 5 nitrogen and oxygen atoms in total. The van der Waals surface area contributed by atoms with E-state index in [1.54, 1.807) is 32.9 Å². The summed E-state index contributed by atoms with van der Waals surface area (Å²) in [5, 5.41) is 11.8. The van der Waals surface area contributed by atoms with Gasteiger partial charge in [0.05, 0.1) is 0 Å². The van der Waals surface area contributed by atoms with Crippen LogP contribution in [-0.4, -0.2) is 29.6 Å². The first kappa shape index (κ1) is 16.2. The lowest BCUT2D eigenvalue weighted by atomic mass is 9.86. The van der Waals surface area contributed by atoms with E-state index >= 15 is 0 Å². The molecule has 110 valence electrons. The Labute approximate surface area is 119 Å². The summed E-state index contributed by atoms with van der Waals surface area (Å²) < 4.78 is 0. The van der Waals surface area contributed by atoms with Gasteiger partial charge in [-0.3, -0.25) is 4.79 Å². The maximum Gasteiger partial charge on any atom is 0.326 e. The molecule has 0 bridgehead atoms. The molecule has 0 heterocycles. The van der Waals surface area contributed by atoms with Crippen LogP contribution in [0.3, 0.4) is 0 Å². The Morgan fingerprint density at radius 3 is 2.40 bits per heavy atom. The van der Waals surface area contributed by atoms with E-state index in [1.165, 1.54) is 0 Å². The third kappa shape index (κ3) is 4.06. The van der Waals surface area contributed by atoms with Crippen molar-refractivity contribution in [3.63, 3.8) is 0 Å². The van der Waals surface area contributed by atoms with Crippen LogP contribution in [0.15, 0.2) is 24.3 Å². The normalized spacial score (nSPS) is 12.8. The van der Waals surface area contributed by atoms with E-state index < -0.39 is 17.4 Å². The maximum absolute atomic E-state index is 12.3. The van der Waals surface area contributed by atoms with Crippen LogP contribution in [0.1, 0.15) is 36.7 Å². The monoisotopic (exact) mass is 278 g/mol. The van der Waals surface area contributed by atoms with Crippen LogP contribution in [0, 0.1) is 5.41 Å². The van der Waals surface area contributed by atoms with Gasteiger partial charge in [-0.1, -0.05) is 39.0 Å². The van der Waals surface area contributed by atoms with E-state index in [4.69, 9.17) is 5.73 Å². The van der Waals surface area contributed by atoms with E-state index in [-0.39, 0.29) is 5.91 Å². The second-order valence-electron chi connectivity index (χ2n) is 5.81. The molecule has 1 rings (SSSR count). The first-order valence-corrected chi connectivity index (χ1v) is 6.59. The zero-order valence-corrected chi connectivity index (χ0v) is 12.1. The van der Waals surface area contributed by atoms with Gasteiger partial charge < -0.3 is 16.2 Å².